The first-order chi connectivity index (χ1) is 13.2. The van der Waals surface area contributed by atoms with Crippen LogP contribution in [0.1, 0.15) is 5.56 Å². The fraction of sp³-hybridized carbons (Fsp3) is 0.125. The molecule has 0 saturated carbocycles. The first-order valence-corrected chi connectivity index (χ1v) is 9.67. The quantitative estimate of drug-likeness (QED) is 0.538. The first-order valence-electron chi connectivity index (χ1n) is 7.78. The molecule has 0 fully saturated rings. The number of aromatic nitrogens is 6. The third kappa shape index (κ3) is 3.01. The fourth-order valence-electron chi connectivity index (χ4n) is 3.02. The SMILES string of the molecule is CS(=O)(=O)c1c(C(F)(F)F)ccc(-c2cnc3[nH]ccc3c2)c1-c1nnn[nH]1. The Kier molecular flexibility index (Phi) is 3.96. The van der Waals surface area contributed by atoms with E-state index in [1.54, 1.807) is 18.3 Å². The molecule has 8 nitrogen and oxygen atoms in total. The van der Waals surface area contributed by atoms with Gasteiger partial charge in [-0.1, -0.05) is 6.07 Å². The average Bonchev–Trinajstić information content (AvgIpc) is 3.29. The zero-order chi connectivity index (χ0) is 20.1. The summed E-state index contributed by atoms with van der Waals surface area (Å²) in [5, 5.41) is 13.5. The molecule has 0 radical (unpaired) electrons. The minimum Gasteiger partial charge on any atom is -0.346 e. The van der Waals surface area contributed by atoms with Crippen LogP contribution in [0.2, 0.25) is 0 Å². The van der Waals surface area contributed by atoms with Crippen LogP contribution in [0.4, 0.5) is 13.2 Å². The Labute approximate surface area is 155 Å². The summed E-state index contributed by atoms with van der Waals surface area (Å²) in [7, 11) is -4.30. The summed E-state index contributed by atoms with van der Waals surface area (Å²) in [5.41, 5.74) is -0.360. The molecule has 3 heterocycles. The molecule has 144 valence electrons. The van der Waals surface area contributed by atoms with E-state index in [0.717, 1.165) is 6.07 Å². The molecule has 2 N–H and O–H groups in total. The van der Waals surface area contributed by atoms with E-state index in [9.17, 15) is 21.6 Å². The van der Waals surface area contributed by atoms with Crippen molar-refractivity contribution in [2.45, 2.75) is 11.1 Å². The van der Waals surface area contributed by atoms with Crippen LogP contribution < -0.4 is 0 Å². The maximum absolute atomic E-state index is 13.6. The molecular weight excluding hydrogens is 397 g/mol. The highest BCUT2D eigenvalue weighted by Crippen LogP contribution is 2.43. The van der Waals surface area contributed by atoms with Crippen LogP contribution in [0.3, 0.4) is 0 Å². The van der Waals surface area contributed by atoms with Gasteiger partial charge in [0.05, 0.1) is 10.5 Å². The number of halogens is 3. The van der Waals surface area contributed by atoms with E-state index >= 15 is 0 Å². The lowest BCUT2D eigenvalue weighted by Crippen LogP contribution is -2.15. The highest BCUT2D eigenvalue weighted by molar-refractivity contribution is 7.91. The van der Waals surface area contributed by atoms with E-state index in [0.29, 0.717) is 22.9 Å². The van der Waals surface area contributed by atoms with Crippen LogP contribution in [-0.4, -0.2) is 45.3 Å². The summed E-state index contributed by atoms with van der Waals surface area (Å²) >= 11 is 0. The number of aromatic amines is 2. The van der Waals surface area contributed by atoms with Crippen molar-refractivity contribution in [3.8, 4) is 22.5 Å². The Bertz CT molecular complexity index is 1280. The number of alkyl halides is 3. The lowest BCUT2D eigenvalue weighted by molar-refractivity contribution is -0.139. The summed E-state index contributed by atoms with van der Waals surface area (Å²) in [4.78, 5) is 6.23. The third-order valence-corrected chi connectivity index (χ3v) is 5.29. The second kappa shape index (κ2) is 6.12. The minimum absolute atomic E-state index is 0.197. The van der Waals surface area contributed by atoms with Crippen molar-refractivity contribution < 1.29 is 21.6 Å². The van der Waals surface area contributed by atoms with Crippen LogP contribution in [0, 0.1) is 0 Å². The van der Waals surface area contributed by atoms with Gasteiger partial charge in [-0.2, -0.15) is 13.2 Å². The maximum atomic E-state index is 13.6. The van der Waals surface area contributed by atoms with Crippen molar-refractivity contribution in [3.63, 3.8) is 0 Å². The molecule has 0 saturated heterocycles. The largest absolute Gasteiger partial charge is 0.417 e. The van der Waals surface area contributed by atoms with Crippen LogP contribution in [-0.2, 0) is 16.0 Å². The summed E-state index contributed by atoms with van der Waals surface area (Å²) in [6, 6.07) is 5.34. The van der Waals surface area contributed by atoms with Crippen molar-refractivity contribution in [3.05, 3.63) is 42.2 Å². The molecule has 0 amide bonds. The predicted molar refractivity (Wildman–Crippen MR) is 92.8 cm³/mol. The molecule has 28 heavy (non-hydrogen) atoms. The number of hydrogen-bond acceptors (Lipinski definition) is 6. The van der Waals surface area contributed by atoms with Gasteiger partial charge in [-0.15, -0.1) is 5.10 Å². The van der Waals surface area contributed by atoms with Crippen molar-refractivity contribution >= 4 is 20.9 Å². The van der Waals surface area contributed by atoms with E-state index in [1.807, 2.05) is 0 Å². The Hall–Kier alpha value is -3.28. The second-order valence-electron chi connectivity index (χ2n) is 6.02. The number of nitrogens with one attached hydrogen (secondary N) is 2. The number of hydrogen-bond donors (Lipinski definition) is 2. The van der Waals surface area contributed by atoms with E-state index < -0.39 is 26.5 Å². The number of rotatable bonds is 3. The van der Waals surface area contributed by atoms with Gasteiger partial charge in [-0.05, 0) is 34.2 Å². The number of H-pyrrole nitrogens is 2. The number of pyridine rings is 1. The van der Waals surface area contributed by atoms with Gasteiger partial charge in [0.1, 0.15) is 5.65 Å². The lowest BCUT2D eigenvalue weighted by atomic mass is 9.97. The fourth-order valence-corrected chi connectivity index (χ4v) is 4.18. The number of nitrogens with zero attached hydrogens (tertiary/aromatic N) is 4. The Balaban J connectivity index is 2.12. The van der Waals surface area contributed by atoms with Gasteiger partial charge < -0.3 is 4.98 Å². The van der Waals surface area contributed by atoms with Crippen molar-refractivity contribution in [1.82, 2.24) is 30.6 Å². The highest BCUT2D eigenvalue weighted by Gasteiger charge is 2.39. The Morgan fingerprint density at radius 2 is 1.93 bits per heavy atom. The van der Waals surface area contributed by atoms with E-state index in [1.165, 1.54) is 12.3 Å². The van der Waals surface area contributed by atoms with E-state index in [4.69, 9.17) is 0 Å². The molecule has 0 unspecified atom stereocenters. The molecule has 0 atom stereocenters. The van der Waals surface area contributed by atoms with Crippen molar-refractivity contribution in [2.75, 3.05) is 6.26 Å². The molecule has 0 aliphatic heterocycles. The first kappa shape index (κ1) is 18.1. The summed E-state index contributed by atoms with van der Waals surface area (Å²) in [6.45, 7) is 0. The van der Waals surface area contributed by atoms with Crippen molar-refractivity contribution in [1.29, 1.82) is 0 Å². The molecule has 0 aliphatic rings. The third-order valence-electron chi connectivity index (χ3n) is 4.13. The topological polar surface area (TPSA) is 117 Å². The van der Waals surface area contributed by atoms with Crippen LogP contribution in [0.25, 0.3) is 33.5 Å². The van der Waals surface area contributed by atoms with Gasteiger partial charge >= 0.3 is 6.18 Å². The number of benzene rings is 1. The van der Waals surface area contributed by atoms with Crippen LogP contribution in [0.5, 0.6) is 0 Å². The van der Waals surface area contributed by atoms with Crippen LogP contribution >= 0.6 is 0 Å². The summed E-state index contributed by atoms with van der Waals surface area (Å²) in [6.07, 6.45) is -1.08. The summed E-state index contributed by atoms with van der Waals surface area (Å²) < 4.78 is 65.4. The smallest absolute Gasteiger partial charge is 0.346 e. The number of tetrazole rings is 1. The monoisotopic (exact) mass is 408 g/mol. The zero-order valence-electron chi connectivity index (χ0n) is 14.1. The number of sulfone groups is 1. The van der Waals surface area contributed by atoms with Gasteiger partial charge in [-0.25, -0.2) is 18.5 Å². The molecule has 0 bridgehead atoms. The summed E-state index contributed by atoms with van der Waals surface area (Å²) in [5.74, 6) is -0.198. The molecule has 4 aromatic rings. The molecule has 0 spiro atoms. The Morgan fingerprint density at radius 1 is 1.14 bits per heavy atom. The molecular formula is C16H11F3N6O2S. The predicted octanol–water partition coefficient (Wildman–Crippen LogP) is 2.83. The highest BCUT2D eigenvalue weighted by atomic mass is 32.2. The standard InChI is InChI=1S/C16H11F3N6O2S/c1-28(26,27)13-11(16(17,18)19)3-2-10(12(13)15-22-24-25-23-15)9-6-8-4-5-20-14(8)21-7-9/h2-7H,1H3,(H,20,21)(H,22,23,24,25). The molecule has 0 aliphatic carbocycles. The number of fused-ring (bicyclic) bond motifs is 1. The van der Waals surface area contributed by atoms with Gasteiger partial charge in [0.2, 0.25) is 0 Å². The molecule has 3 aromatic heterocycles. The van der Waals surface area contributed by atoms with Gasteiger partial charge in [-0.3, -0.25) is 0 Å². The van der Waals surface area contributed by atoms with Gasteiger partial charge in [0, 0.05) is 35.2 Å². The molecule has 4 rings (SSSR count). The van der Waals surface area contributed by atoms with Gasteiger partial charge in [0.15, 0.2) is 15.7 Å². The Morgan fingerprint density at radius 3 is 2.57 bits per heavy atom. The van der Waals surface area contributed by atoms with E-state index in [-0.39, 0.29) is 17.0 Å². The lowest BCUT2D eigenvalue weighted by Gasteiger charge is -2.18. The second-order valence-corrected chi connectivity index (χ2v) is 7.98. The minimum atomic E-state index is -4.89. The van der Waals surface area contributed by atoms with Gasteiger partial charge in [0.25, 0.3) is 0 Å². The molecule has 1 aromatic carbocycles. The maximum Gasteiger partial charge on any atom is 0.417 e. The zero-order valence-corrected chi connectivity index (χ0v) is 14.9. The average molecular weight is 408 g/mol. The van der Waals surface area contributed by atoms with E-state index in [2.05, 4.69) is 30.6 Å². The van der Waals surface area contributed by atoms with Crippen LogP contribution in [0.15, 0.2) is 41.6 Å². The molecule has 12 heteroatoms. The normalized spacial score (nSPS) is 12.6. The van der Waals surface area contributed by atoms with Crippen molar-refractivity contribution in [2.24, 2.45) is 0 Å².